The van der Waals surface area contributed by atoms with E-state index in [9.17, 15) is 18.0 Å². The molecule has 1 aromatic rings. The lowest BCUT2D eigenvalue weighted by Crippen LogP contribution is -2.36. The summed E-state index contributed by atoms with van der Waals surface area (Å²) >= 11 is 0. The van der Waals surface area contributed by atoms with Crippen LogP contribution in [0, 0.1) is 0 Å². The second-order valence-corrected chi connectivity index (χ2v) is 9.47. The van der Waals surface area contributed by atoms with Gasteiger partial charge in [0.05, 0.1) is 18.1 Å². The molecule has 0 aliphatic carbocycles. The van der Waals surface area contributed by atoms with Gasteiger partial charge in [0.2, 0.25) is 21.8 Å². The van der Waals surface area contributed by atoms with Crippen molar-refractivity contribution in [3.05, 3.63) is 18.2 Å². The van der Waals surface area contributed by atoms with Gasteiger partial charge in [0, 0.05) is 51.5 Å². The third kappa shape index (κ3) is 7.10. The Balaban J connectivity index is 1.39. The average molecular weight is 454 g/mol. The van der Waals surface area contributed by atoms with E-state index in [1.54, 1.807) is 6.07 Å². The highest BCUT2D eigenvalue weighted by Gasteiger charge is 2.19. The van der Waals surface area contributed by atoms with E-state index in [2.05, 4.69) is 10.0 Å². The predicted octanol–water partition coefficient (Wildman–Crippen LogP) is 1.43. The van der Waals surface area contributed by atoms with Crippen LogP contribution in [-0.4, -0.2) is 64.5 Å². The predicted molar refractivity (Wildman–Crippen MR) is 115 cm³/mol. The largest absolute Gasteiger partial charge is 0.490 e. The second-order valence-electron chi connectivity index (χ2n) is 7.70. The highest BCUT2D eigenvalue weighted by molar-refractivity contribution is 7.89. The summed E-state index contributed by atoms with van der Waals surface area (Å²) in [6.45, 7) is 2.77. The summed E-state index contributed by atoms with van der Waals surface area (Å²) < 4.78 is 38.5. The van der Waals surface area contributed by atoms with Crippen LogP contribution in [0.5, 0.6) is 11.5 Å². The molecule has 1 fully saturated rings. The lowest BCUT2D eigenvalue weighted by atomic mass is 10.2. The van der Waals surface area contributed by atoms with Crippen LogP contribution < -0.4 is 19.5 Å². The highest BCUT2D eigenvalue weighted by Crippen LogP contribution is 2.31. The number of fused-ring (bicyclic) bond motifs is 1. The lowest BCUT2D eigenvalue weighted by molar-refractivity contribution is -0.131. The minimum atomic E-state index is -3.78. The number of benzene rings is 1. The number of nitrogens with one attached hydrogen (secondary N) is 2. The van der Waals surface area contributed by atoms with Crippen molar-refractivity contribution in [2.45, 2.75) is 49.8 Å². The van der Waals surface area contributed by atoms with Crippen LogP contribution >= 0.6 is 0 Å². The Morgan fingerprint density at radius 2 is 1.61 bits per heavy atom. The number of nitrogens with zero attached hydrogens (tertiary/aromatic N) is 1. The van der Waals surface area contributed by atoms with Gasteiger partial charge >= 0.3 is 0 Å². The molecule has 2 N–H and O–H groups in total. The molecule has 2 heterocycles. The van der Waals surface area contributed by atoms with Crippen LogP contribution in [0.3, 0.4) is 0 Å². The van der Waals surface area contributed by atoms with E-state index >= 15 is 0 Å². The first-order valence-corrected chi connectivity index (χ1v) is 12.4. The van der Waals surface area contributed by atoms with Gasteiger partial charge in [-0.05, 0) is 25.0 Å². The van der Waals surface area contributed by atoms with Crippen molar-refractivity contribution in [2.24, 2.45) is 0 Å². The maximum Gasteiger partial charge on any atom is 0.240 e. The van der Waals surface area contributed by atoms with Gasteiger partial charge in [0.25, 0.3) is 0 Å². The van der Waals surface area contributed by atoms with Gasteiger partial charge in [-0.2, -0.15) is 0 Å². The molecule has 1 saturated heterocycles. The Morgan fingerprint density at radius 1 is 0.903 bits per heavy atom. The first-order chi connectivity index (χ1) is 15.0. The van der Waals surface area contributed by atoms with E-state index in [-0.39, 0.29) is 42.6 Å². The number of hydrogen-bond acceptors (Lipinski definition) is 6. The zero-order chi connectivity index (χ0) is 22.1. The number of amides is 2. The summed E-state index contributed by atoms with van der Waals surface area (Å²) in [5.74, 6) is 0.667. The molecule has 2 amide bonds. The number of sulfonamides is 1. The first-order valence-electron chi connectivity index (χ1n) is 10.9. The minimum Gasteiger partial charge on any atom is -0.490 e. The SMILES string of the molecule is O=C(CCNS(=O)(=O)c1ccc2c(c1)OCCCO2)NCCC(=O)N1CCCCCC1. The van der Waals surface area contributed by atoms with Crippen LogP contribution in [0.1, 0.15) is 44.9 Å². The summed E-state index contributed by atoms with van der Waals surface area (Å²) in [5, 5.41) is 2.68. The van der Waals surface area contributed by atoms with E-state index in [0.717, 1.165) is 45.2 Å². The molecule has 10 heteroatoms. The Labute approximate surface area is 183 Å². The molecule has 0 spiro atoms. The molecule has 9 nitrogen and oxygen atoms in total. The van der Waals surface area contributed by atoms with E-state index < -0.39 is 10.0 Å². The maximum absolute atomic E-state index is 12.5. The van der Waals surface area contributed by atoms with Crippen molar-refractivity contribution in [1.29, 1.82) is 0 Å². The van der Waals surface area contributed by atoms with Gasteiger partial charge in [-0.1, -0.05) is 12.8 Å². The molecule has 3 rings (SSSR count). The molecule has 0 radical (unpaired) electrons. The van der Waals surface area contributed by atoms with E-state index in [1.807, 2.05) is 4.90 Å². The average Bonchev–Trinajstić information content (AvgIpc) is 3.16. The summed E-state index contributed by atoms with van der Waals surface area (Å²) in [6.07, 6.45) is 5.35. The number of carbonyl (C=O) groups excluding carboxylic acids is 2. The number of carbonyl (C=O) groups is 2. The van der Waals surface area contributed by atoms with Gasteiger partial charge in [0.1, 0.15) is 0 Å². The third-order valence-corrected chi connectivity index (χ3v) is 6.75. The fraction of sp³-hybridized carbons (Fsp3) is 0.619. The van der Waals surface area contributed by atoms with E-state index in [0.29, 0.717) is 24.7 Å². The summed E-state index contributed by atoms with van der Waals surface area (Å²) in [6, 6.07) is 4.45. The zero-order valence-electron chi connectivity index (χ0n) is 17.7. The molecule has 0 atom stereocenters. The molecule has 31 heavy (non-hydrogen) atoms. The van der Waals surface area contributed by atoms with Gasteiger partial charge < -0.3 is 19.7 Å². The molecule has 1 aromatic carbocycles. The maximum atomic E-state index is 12.5. The van der Waals surface area contributed by atoms with Crippen LogP contribution in [0.4, 0.5) is 0 Å². The molecular formula is C21H31N3O6S. The van der Waals surface area contributed by atoms with Crippen LogP contribution in [-0.2, 0) is 19.6 Å². The van der Waals surface area contributed by atoms with Crippen molar-refractivity contribution < 1.29 is 27.5 Å². The number of hydrogen-bond donors (Lipinski definition) is 2. The fourth-order valence-electron chi connectivity index (χ4n) is 3.57. The Kier molecular flexibility index (Phi) is 8.53. The van der Waals surface area contributed by atoms with Crippen molar-refractivity contribution in [3.8, 4) is 11.5 Å². The fourth-order valence-corrected chi connectivity index (χ4v) is 4.62. The number of ether oxygens (including phenoxy) is 2. The standard InChI is InChI=1S/C21H31N3O6S/c25-20(22-10-9-21(26)24-12-3-1-2-4-13-24)8-11-23-31(27,28)17-6-7-18-19(16-17)30-15-5-14-29-18/h6-7,16,23H,1-5,8-15H2,(H,22,25). The molecular weight excluding hydrogens is 422 g/mol. The van der Waals surface area contributed by atoms with Crippen LogP contribution in [0.15, 0.2) is 23.1 Å². The summed E-state index contributed by atoms with van der Waals surface area (Å²) in [7, 11) is -3.78. The molecule has 0 saturated carbocycles. The quantitative estimate of drug-likeness (QED) is 0.615. The third-order valence-electron chi connectivity index (χ3n) is 5.29. The molecule has 2 aliphatic rings. The first kappa shape index (κ1) is 23.3. The van der Waals surface area contributed by atoms with E-state index in [1.165, 1.54) is 12.1 Å². The molecule has 2 aliphatic heterocycles. The Hall–Kier alpha value is -2.33. The van der Waals surface area contributed by atoms with Gasteiger partial charge in [0.15, 0.2) is 11.5 Å². The molecule has 0 unspecified atom stereocenters. The van der Waals surface area contributed by atoms with E-state index in [4.69, 9.17) is 9.47 Å². The Morgan fingerprint density at radius 3 is 2.35 bits per heavy atom. The van der Waals surface area contributed by atoms with Crippen LogP contribution in [0.2, 0.25) is 0 Å². The number of likely N-dealkylation sites (tertiary alicyclic amines) is 1. The van der Waals surface area contributed by atoms with Crippen molar-refractivity contribution in [3.63, 3.8) is 0 Å². The lowest BCUT2D eigenvalue weighted by Gasteiger charge is -2.20. The highest BCUT2D eigenvalue weighted by atomic mass is 32.2. The number of rotatable bonds is 8. The normalized spacial score (nSPS) is 16.8. The molecule has 0 bridgehead atoms. The zero-order valence-corrected chi connectivity index (χ0v) is 18.5. The minimum absolute atomic E-state index is 0.0122. The van der Waals surface area contributed by atoms with Crippen molar-refractivity contribution in [2.75, 3.05) is 39.4 Å². The van der Waals surface area contributed by atoms with Crippen molar-refractivity contribution >= 4 is 21.8 Å². The summed E-state index contributed by atoms with van der Waals surface area (Å²) in [4.78, 5) is 26.1. The second kappa shape index (κ2) is 11.3. The molecule has 0 aromatic heterocycles. The molecule has 172 valence electrons. The monoisotopic (exact) mass is 453 g/mol. The summed E-state index contributed by atoms with van der Waals surface area (Å²) in [5.41, 5.74) is 0. The Bertz CT molecular complexity index is 866. The van der Waals surface area contributed by atoms with Crippen molar-refractivity contribution in [1.82, 2.24) is 14.9 Å². The smallest absolute Gasteiger partial charge is 0.240 e. The van der Waals surface area contributed by atoms with Crippen LogP contribution in [0.25, 0.3) is 0 Å². The van der Waals surface area contributed by atoms with Gasteiger partial charge in [-0.25, -0.2) is 13.1 Å². The topological polar surface area (TPSA) is 114 Å². The van der Waals surface area contributed by atoms with Gasteiger partial charge in [-0.3, -0.25) is 9.59 Å². The van der Waals surface area contributed by atoms with Gasteiger partial charge in [-0.15, -0.1) is 0 Å².